The average Bonchev–Trinajstić information content (AvgIpc) is 2.85. The van der Waals surface area contributed by atoms with Gasteiger partial charge in [0, 0.05) is 5.56 Å². The zero-order valence-electron chi connectivity index (χ0n) is 12.3. The Kier molecular flexibility index (Phi) is 5.93. The molecule has 0 atom stereocenters. The van der Waals surface area contributed by atoms with Crippen molar-refractivity contribution in [1.29, 1.82) is 0 Å². The van der Waals surface area contributed by atoms with Crippen molar-refractivity contribution in [3.8, 4) is 0 Å². The van der Waals surface area contributed by atoms with E-state index in [-0.39, 0.29) is 0 Å². The summed E-state index contributed by atoms with van der Waals surface area (Å²) in [5.74, 6) is 1.69. The number of rotatable bonds is 7. The molecule has 0 spiro atoms. The molecule has 1 N–H and O–H groups in total. The van der Waals surface area contributed by atoms with Gasteiger partial charge < -0.3 is 14.5 Å². The van der Waals surface area contributed by atoms with Crippen molar-refractivity contribution in [2.24, 2.45) is 5.92 Å². The first-order valence-corrected chi connectivity index (χ1v) is 7.63. The lowest BCUT2D eigenvalue weighted by Crippen LogP contribution is -2.20. The fraction of sp³-hybridized carbons (Fsp3) is 0.750. The summed E-state index contributed by atoms with van der Waals surface area (Å²) in [7, 11) is 0. The van der Waals surface area contributed by atoms with Crippen molar-refractivity contribution >= 4 is 0 Å². The fourth-order valence-corrected chi connectivity index (χ4v) is 2.56. The van der Waals surface area contributed by atoms with E-state index < -0.39 is 0 Å². The van der Waals surface area contributed by atoms with E-state index in [1.165, 1.54) is 37.7 Å². The second-order valence-corrected chi connectivity index (χ2v) is 5.96. The fourth-order valence-electron chi connectivity index (χ4n) is 2.56. The molecule has 0 unspecified atom stereocenters. The molecule has 19 heavy (non-hydrogen) atoms. The van der Waals surface area contributed by atoms with E-state index in [1.807, 2.05) is 6.07 Å². The van der Waals surface area contributed by atoms with Gasteiger partial charge in [-0.2, -0.15) is 0 Å². The Morgan fingerprint density at radius 3 is 2.84 bits per heavy atom. The number of hydrogen-bond acceptors (Lipinski definition) is 3. The second kappa shape index (κ2) is 7.71. The van der Waals surface area contributed by atoms with Gasteiger partial charge in [-0.3, -0.25) is 0 Å². The van der Waals surface area contributed by atoms with Crippen molar-refractivity contribution in [3.63, 3.8) is 0 Å². The molecule has 0 amide bonds. The number of ether oxygens (including phenoxy) is 1. The zero-order valence-corrected chi connectivity index (χ0v) is 12.3. The van der Waals surface area contributed by atoms with Gasteiger partial charge in [0.1, 0.15) is 5.76 Å². The van der Waals surface area contributed by atoms with E-state index in [0.29, 0.717) is 18.6 Å². The molecule has 0 saturated heterocycles. The molecule has 1 aliphatic rings. The first kappa shape index (κ1) is 14.6. The normalized spacial score (nSPS) is 17.2. The molecular weight excluding hydrogens is 238 g/mol. The Morgan fingerprint density at radius 2 is 2.11 bits per heavy atom. The number of nitrogens with one attached hydrogen (secondary N) is 1. The molecule has 1 fully saturated rings. The highest BCUT2D eigenvalue weighted by atomic mass is 16.5. The quantitative estimate of drug-likeness (QED) is 0.812. The van der Waals surface area contributed by atoms with Gasteiger partial charge in [0.2, 0.25) is 0 Å². The van der Waals surface area contributed by atoms with E-state index in [0.717, 1.165) is 18.8 Å². The molecule has 1 aromatic rings. The van der Waals surface area contributed by atoms with Gasteiger partial charge in [0.25, 0.3) is 0 Å². The Balaban J connectivity index is 1.75. The summed E-state index contributed by atoms with van der Waals surface area (Å²) in [5, 5.41) is 3.42. The van der Waals surface area contributed by atoms with Gasteiger partial charge in [-0.25, -0.2) is 0 Å². The van der Waals surface area contributed by atoms with Crippen LogP contribution in [0.15, 0.2) is 16.7 Å². The molecule has 1 saturated carbocycles. The monoisotopic (exact) mass is 265 g/mol. The standard InChI is InChI=1S/C16H27NO2/c1-13(2)10-17-11-16-14(8-9-18-16)12-19-15-6-4-3-5-7-15/h8-9,13,15,17H,3-7,10-12H2,1-2H3. The predicted octanol–water partition coefficient (Wildman–Crippen LogP) is 3.87. The number of hydrogen-bond donors (Lipinski definition) is 1. The van der Waals surface area contributed by atoms with Crippen LogP contribution in [0.3, 0.4) is 0 Å². The predicted molar refractivity (Wildman–Crippen MR) is 76.9 cm³/mol. The second-order valence-electron chi connectivity index (χ2n) is 5.96. The molecule has 1 aliphatic carbocycles. The SMILES string of the molecule is CC(C)CNCc1occc1COC1CCCCC1. The van der Waals surface area contributed by atoms with Crippen LogP contribution in [0.5, 0.6) is 0 Å². The van der Waals surface area contributed by atoms with Crippen molar-refractivity contribution in [2.45, 2.75) is 65.2 Å². The third-order valence-corrected chi connectivity index (χ3v) is 3.70. The van der Waals surface area contributed by atoms with E-state index in [1.54, 1.807) is 6.26 Å². The van der Waals surface area contributed by atoms with Crippen LogP contribution in [-0.4, -0.2) is 12.6 Å². The van der Waals surface area contributed by atoms with Crippen molar-refractivity contribution in [2.75, 3.05) is 6.54 Å². The minimum atomic E-state index is 0.458. The van der Waals surface area contributed by atoms with Crippen molar-refractivity contribution < 1.29 is 9.15 Å². The third kappa shape index (κ3) is 5.00. The molecule has 0 aromatic carbocycles. The number of furan rings is 1. The topological polar surface area (TPSA) is 34.4 Å². The Morgan fingerprint density at radius 1 is 1.32 bits per heavy atom. The van der Waals surface area contributed by atoms with Gasteiger partial charge in [0.05, 0.1) is 25.5 Å². The van der Waals surface area contributed by atoms with E-state index in [4.69, 9.17) is 9.15 Å². The van der Waals surface area contributed by atoms with Crippen LogP contribution >= 0.6 is 0 Å². The molecule has 0 aliphatic heterocycles. The maximum atomic E-state index is 6.01. The van der Waals surface area contributed by atoms with Gasteiger partial charge in [-0.05, 0) is 31.4 Å². The Bertz CT molecular complexity index is 353. The van der Waals surface area contributed by atoms with Gasteiger partial charge in [-0.15, -0.1) is 0 Å². The molecule has 2 rings (SSSR count). The van der Waals surface area contributed by atoms with Crippen molar-refractivity contribution in [3.05, 3.63) is 23.7 Å². The molecule has 1 heterocycles. The highest BCUT2D eigenvalue weighted by molar-refractivity contribution is 5.15. The first-order valence-electron chi connectivity index (χ1n) is 7.63. The van der Waals surface area contributed by atoms with Gasteiger partial charge >= 0.3 is 0 Å². The van der Waals surface area contributed by atoms with Crippen LogP contribution in [0.4, 0.5) is 0 Å². The smallest absolute Gasteiger partial charge is 0.123 e. The lowest BCUT2D eigenvalue weighted by atomic mass is 9.98. The van der Waals surface area contributed by atoms with Crippen LogP contribution in [-0.2, 0) is 17.9 Å². The zero-order chi connectivity index (χ0) is 13.5. The molecule has 108 valence electrons. The molecule has 0 bridgehead atoms. The lowest BCUT2D eigenvalue weighted by molar-refractivity contribution is 0.0162. The molecule has 1 aromatic heterocycles. The minimum absolute atomic E-state index is 0.458. The van der Waals surface area contributed by atoms with E-state index in [9.17, 15) is 0 Å². The van der Waals surface area contributed by atoms with Gasteiger partial charge in [-0.1, -0.05) is 33.1 Å². The summed E-state index contributed by atoms with van der Waals surface area (Å²) in [4.78, 5) is 0. The first-order chi connectivity index (χ1) is 9.25. The van der Waals surface area contributed by atoms with Crippen molar-refractivity contribution in [1.82, 2.24) is 5.32 Å². The van der Waals surface area contributed by atoms with Gasteiger partial charge in [0.15, 0.2) is 0 Å². The summed E-state index contributed by atoms with van der Waals surface area (Å²) < 4.78 is 11.6. The summed E-state index contributed by atoms with van der Waals surface area (Å²) >= 11 is 0. The largest absolute Gasteiger partial charge is 0.468 e. The van der Waals surface area contributed by atoms with Crippen LogP contribution < -0.4 is 5.32 Å². The molecule has 3 nitrogen and oxygen atoms in total. The lowest BCUT2D eigenvalue weighted by Gasteiger charge is -2.21. The summed E-state index contributed by atoms with van der Waals surface area (Å²) in [5.41, 5.74) is 1.20. The van der Waals surface area contributed by atoms with Crippen LogP contribution in [0.25, 0.3) is 0 Å². The van der Waals surface area contributed by atoms with E-state index >= 15 is 0 Å². The third-order valence-electron chi connectivity index (χ3n) is 3.70. The van der Waals surface area contributed by atoms with E-state index in [2.05, 4.69) is 19.2 Å². The molecular formula is C16H27NO2. The molecule has 3 heteroatoms. The maximum absolute atomic E-state index is 6.01. The summed E-state index contributed by atoms with van der Waals surface area (Å²) in [6, 6.07) is 2.04. The highest BCUT2D eigenvalue weighted by Gasteiger charge is 2.15. The Labute approximate surface area is 116 Å². The average molecular weight is 265 g/mol. The van der Waals surface area contributed by atoms with Crippen LogP contribution in [0.1, 0.15) is 57.3 Å². The Hall–Kier alpha value is -0.800. The molecule has 0 radical (unpaired) electrons. The highest BCUT2D eigenvalue weighted by Crippen LogP contribution is 2.22. The maximum Gasteiger partial charge on any atom is 0.123 e. The van der Waals surface area contributed by atoms with Crippen LogP contribution in [0, 0.1) is 5.92 Å². The summed E-state index contributed by atoms with van der Waals surface area (Å²) in [6.07, 6.45) is 8.68. The summed E-state index contributed by atoms with van der Waals surface area (Å²) in [6.45, 7) is 6.93. The van der Waals surface area contributed by atoms with Crippen LogP contribution in [0.2, 0.25) is 0 Å². The minimum Gasteiger partial charge on any atom is -0.468 e.